The zero-order valence-electron chi connectivity index (χ0n) is 17.1. The molecular formula is C22H24ClNO6. The molecule has 30 heavy (non-hydrogen) atoms. The van der Waals surface area contributed by atoms with Crippen LogP contribution in [-0.2, 0) is 12.8 Å². The summed E-state index contributed by atoms with van der Waals surface area (Å²) in [4.78, 5) is 0. The van der Waals surface area contributed by atoms with Gasteiger partial charge in [0.15, 0.2) is 0 Å². The van der Waals surface area contributed by atoms with Crippen LogP contribution in [-0.4, -0.2) is 20.2 Å². The highest BCUT2D eigenvalue weighted by Gasteiger charge is 2.22. The summed E-state index contributed by atoms with van der Waals surface area (Å²) in [5.74, 6) is 2.87. The highest BCUT2D eigenvalue weighted by atomic mass is 35.7. The highest BCUT2D eigenvalue weighted by molar-refractivity contribution is 5.73. The number of nitrogens with zero attached hydrogens (tertiary/aromatic N) is 1. The maximum atomic E-state index is 8.49. The number of fused-ring (bicyclic) bond motifs is 4. The average Bonchev–Trinajstić information content (AvgIpc) is 2.71. The molecule has 0 atom stereocenters. The minimum absolute atomic E-state index is 0.909. The fourth-order valence-corrected chi connectivity index (χ4v) is 3.75. The first kappa shape index (κ1) is 22.3. The number of benzene rings is 2. The molecule has 160 valence electrons. The monoisotopic (exact) mass is 433 g/mol. The fourth-order valence-electron chi connectivity index (χ4n) is 3.75. The first-order valence-electron chi connectivity index (χ1n) is 9.67. The van der Waals surface area contributed by atoms with Crippen LogP contribution in [0.1, 0.15) is 25.0 Å². The number of halogens is 1. The summed E-state index contributed by atoms with van der Waals surface area (Å²) in [5.41, 5.74) is 4.96. The fraction of sp³-hybridized carbons (Fsp3) is 0.318. The summed E-state index contributed by atoms with van der Waals surface area (Å²) in [6.07, 6.45) is 2.03. The zero-order valence-corrected chi connectivity index (χ0v) is 17.9. The largest absolute Gasteiger partial charge is 0.497 e. The van der Waals surface area contributed by atoms with Crippen molar-refractivity contribution in [2.45, 2.75) is 26.7 Å². The van der Waals surface area contributed by atoms with E-state index in [0.29, 0.717) is 0 Å². The van der Waals surface area contributed by atoms with E-state index in [1.807, 2.05) is 6.07 Å². The zero-order chi connectivity index (χ0) is 21.9. The maximum Gasteiger partial charge on any atom is 0.203 e. The molecular weight excluding hydrogens is 410 g/mol. The Hall–Kier alpha value is -2.42. The standard InChI is InChI=1S/C22H24NO2.ClHO4/c1-4-23(5-2)18-9-8-16-12-17-7-6-15-13-19(24-3)10-11-20(15)22(17)25-21(16)14-18;2-1(3,4)5/h8-14H,4-7H2,1-3H3;(H,2,3,4,5)/q+1;/p-1. The Balaban J connectivity index is 0.000000461. The van der Waals surface area contributed by atoms with Gasteiger partial charge in [0.05, 0.1) is 13.2 Å². The molecule has 2 aliphatic carbocycles. The molecule has 1 aromatic carbocycles. The first-order chi connectivity index (χ1) is 14.2. The van der Waals surface area contributed by atoms with Gasteiger partial charge in [-0.05, 0) is 68.1 Å². The molecule has 0 amide bonds. The number of rotatable bonds is 3. The molecule has 1 aliphatic heterocycles. The molecule has 0 N–H and O–H groups in total. The molecule has 4 rings (SSSR count). The van der Waals surface area contributed by atoms with Gasteiger partial charge >= 0.3 is 0 Å². The Morgan fingerprint density at radius 3 is 2.23 bits per heavy atom. The van der Waals surface area contributed by atoms with Crippen LogP contribution in [0.3, 0.4) is 0 Å². The summed E-state index contributed by atoms with van der Waals surface area (Å²) >= 11 is 0. The normalized spacial score (nSPS) is 12.5. The van der Waals surface area contributed by atoms with E-state index in [4.69, 9.17) is 27.8 Å². The van der Waals surface area contributed by atoms with Gasteiger partial charge in [-0.15, -0.1) is 10.2 Å². The Morgan fingerprint density at radius 1 is 0.933 bits per heavy atom. The number of methoxy groups -OCH3 is 1. The topological polar surface area (TPSA) is 118 Å². The Kier molecular flexibility index (Phi) is 6.80. The van der Waals surface area contributed by atoms with Gasteiger partial charge in [0, 0.05) is 17.2 Å². The third-order valence-electron chi connectivity index (χ3n) is 5.18. The van der Waals surface area contributed by atoms with Crippen molar-refractivity contribution < 1.29 is 38.0 Å². The Bertz CT molecular complexity index is 1060. The summed E-state index contributed by atoms with van der Waals surface area (Å²) in [6, 6.07) is 15.1. The van der Waals surface area contributed by atoms with E-state index >= 15 is 0 Å². The number of hydrogen-bond acceptors (Lipinski definition) is 6. The van der Waals surface area contributed by atoms with E-state index in [0.717, 1.165) is 43.2 Å². The molecule has 7 nitrogen and oxygen atoms in total. The van der Waals surface area contributed by atoms with Gasteiger partial charge in [-0.2, -0.15) is 0 Å². The quantitative estimate of drug-likeness (QED) is 0.500. The third kappa shape index (κ3) is 5.19. The van der Waals surface area contributed by atoms with Crippen LogP contribution in [0.2, 0.25) is 0 Å². The van der Waals surface area contributed by atoms with Gasteiger partial charge in [0.25, 0.3) is 0 Å². The van der Waals surface area contributed by atoms with Crippen LogP contribution < -0.4 is 33.3 Å². The van der Waals surface area contributed by atoms with E-state index in [-0.39, 0.29) is 0 Å². The van der Waals surface area contributed by atoms with Gasteiger partial charge in [-0.25, -0.2) is 23.2 Å². The summed E-state index contributed by atoms with van der Waals surface area (Å²) in [6.45, 7) is 6.35. The van der Waals surface area contributed by atoms with Gasteiger partial charge in [-0.1, -0.05) is 0 Å². The first-order valence-corrected chi connectivity index (χ1v) is 10.9. The molecule has 0 aromatic heterocycles. The summed E-state index contributed by atoms with van der Waals surface area (Å²) in [7, 11) is -3.23. The predicted octanol–water partition coefficient (Wildman–Crippen LogP) is -0.785. The van der Waals surface area contributed by atoms with Gasteiger partial charge in [-0.3, -0.25) is 0 Å². The van der Waals surface area contributed by atoms with Crippen molar-refractivity contribution in [1.82, 2.24) is 4.58 Å². The van der Waals surface area contributed by atoms with E-state index in [1.165, 1.54) is 27.6 Å². The predicted molar refractivity (Wildman–Crippen MR) is 101 cm³/mol. The van der Waals surface area contributed by atoms with E-state index in [2.05, 4.69) is 54.8 Å². The lowest BCUT2D eigenvalue weighted by atomic mass is 9.88. The van der Waals surface area contributed by atoms with Crippen molar-refractivity contribution in [1.29, 1.82) is 0 Å². The molecule has 0 unspecified atom stereocenters. The van der Waals surface area contributed by atoms with Crippen LogP contribution in [0, 0.1) is 10.2 Å². The Morgan fingerprint density at radius 2 is 1.60 bits per heavy atom. The van der Waals surface area contributed by atoms with Crippen molar-refractivity contribution >= 4 is 0 Å². The van der Waals surface area contributed by atoms with Crippen molar-refractivity contribution in [2.24, 2.45) is 0 Å². The lowest BCUT2D eigenvalue weighted by Crippen LogP contribution is -2.68. The van der Waals surface area contributed by atoms with E-state index in [9.17, 15) is 0 Å². The SMILES string of the molecule is CC[N+](CC)=c1ccc2cc3c(oc-2c1)-c1ccc(OC)cc1CC3.[O-][Cl+3]([O-])([O-])[O-]. The molecule has 3 aliphatic rings. The second-order valence-corrected chi connectivity index (χ2v) is 7.65. The number of hydrogen-bond donors (Lipinski definition) is 0. The molecule has 1 aromatic rings. The Labute approximate surface area is 177 Å². The van der Waals surface area contributed by atoms with Gasteiger partial charge in [0.1, 0.15) is 30.4 Å². The van der Waals surface area contributed by atoms with Crippen LogP contribution in [0.5, 0.6) is 5.75 Å². The minimum atomic E-state index is -4.94. The molecule has 8 heteroatoms. The molecule has 1 heterocycles. The van der Waals surface area contributed by atoms with E-state index < -0.39 is 10.2 Å². The number of aryl methyl sites for hydroxylation is 2. The van der Waals surface area contributed by atoms with Crippen LogP contribution in [0.25, 0.3) is 22.6 Å². The lowest BCUT2D eigenvalue weighted by Gasteiger charge is -2.21. The lowest BCUT2D eigenvalue weighted by molar-refractivity contribution is -2.00. The highest BCUT2D eigenvalue weighted by Crippen LogP contribution is 2.39. The molecule has 0 saturated carbocycles. The maximum absolute atomic E-state index is 8.49. The van der Waals surface area contributed by atoms with Gasteiger partial charge < -0.3 is 9.15 Å². The molecule has 0 saturated heterocycles. The minimum Gasteiger partial charge on any atom is -0.497 e. The summed E-state index contributed by atoms with van der Waals surface area (Å²) < 4.78 is 48.1. The molecule has 0 fully saturated rings. The van der Waals surface area contributed by atoms with Crippen molar-refractivity contribution in [2.75, 3.05) is 20.2 Å². The smallest absolute Gasteiger partial charge is 0.203 e. The third-order valence-corrected chi connectivity index (χ3v) is 5.18. The second-order valence-electron chi connectivity index (χ2n) is 6.90. The van der Waals surface area contributed by atoms with Crippen molar-refractivity contribution in [3.8, 4) is 28.4 Å². The van der Waals surface area contributed by atoms with E-state index in [1.54, 1.807) is 7.11 Å². The number of ether oxygens (including phenoxy) is 1. The molecule has 0 spiro atoms. The van der Waals surface area contributed by atoms with Gasteiger partial charge in [0.2, 0.25) is 5.36 Å². The van der Waals surface area contributed by atoms with Crippen molar-refractivity contribution in [3.05, 3.63) is 58.9 Å². The van der Waals surface area contributed by atoms with Crippen LogP contribution in [0.4, 0.5) is 0 Å². The summed E-state index contributed by atoms with van der Waals surface area (Å²) in [5, 5.41) is 1.21. The second kappa shape index (κ2) is 9.16. The average molecular weight is 434 g/mol. The van der Waals surface area contributed by atoms with Crippen LogP contribution >= 0.6 is 0 Å². The van der Waals surface area contributed by atoms with Crippen molar-refractivity contribution in [3.63, 3.8) is 0 Å². The molecule has 0 bridgehead atoms. The van der Waals surface area contributed by atoms with Crippen LogP contribution in [0.15, 0.2) is 46.9 Å². The molecule has 0 radical (unpaired) electrons.